The first-order valence-electron chi connectivity index (χ1n) is 8.67. The predicted molar refractivity (Wildman–Crippen MR) is 104 cm³/mol. The largest absolute Gasteiger partial charge is 0.367 e. The molecule has 3 rings (SSSR count). The molecule has 1 aliphatic rings. The lowest BCUT2D eigenvalue weighted by Gasteiger charge is -2.20. The molecule has 1 saturated heterocycles. The van der Waals surface area contributed by atoms with Gasteiger partial charge >= 0.3 is 0 Å². The zero-order chi connectivity index (χ0) is 18.5. The molecule has 0 aliphatic carbocycles. The molecule has 0 spiro atoms. The van der Waals surface area contributed by atoms with E-state index in [1.165, 1.54) is 5.56 Å². The van der Waals surface area contributed by atoms with E-state index in [1.807, 2.05) is 12.1 Å². The van der Waals surface area contributed by atoms with Gasteiger partial charge in [-0.15, -0.1) is 0 Å². The predicted octanol–water partition coefficient (Wildman–Crippen LogP) is 2.50. The van der Waals surface area contributed by atoms with E-state index in [9.17, 15) is 4.79 Å². The summed E-state index contributed by atoms with van der Waals surface area (Å²) in [4.78, 5) is 12.5. The molecule has 1 fully saturated rings. The maximum Gasteiger partial charge on any atom is 0.242 e. The Balaban J connectivity index is 1.55. The quantitative estimate of drug-likeness (QED) is 0.538. The number of rotatable bonds is 6. The minimum atomic E-state index is -0.458. The summed E-state index contributed by atoms with van der Waals surface area (Å²) in [6.07, 6.45) is -0.292. The number of carbonyl (C=O) groups is 1. The fraction of sp³-hybridized carbons (Fsp3) is 0.316. The topological polar surface area (TPSA) is 77.2 Å². The summed E-state index contributed by atoms with van der Waals surface area (Å²) < 4.78 is 0. The summed E-state index contributed by atoms with van der Waals surface area (Å²) >= 11 is 5.90. The normalized spacial score (nSPS) is 19.5. The molecule has 1 heterocycles. The Labute approximate surface area is 158 Å². The molecule has 0 aromatic heterocycles. The van der Waals surface area contributed by atoms with Crippen molar-refractivity contribution >= 4 is 23.2 Å². The number of halogens is 1. The van der Waals surface area contributed by atoms with Crippen LogP contribution in [-0.2, 0) is 11.3 Å². The minimum Gasteiger partial charge on any atom is -0.367 e. The molecule has 26 heavy (non-hydrogen) atoms. The van der Waals surface area contributed by atoms with Crippen LogP contribution >= 0.6 is 11.6 Å². The zero-order valence-corrected chi connectivity index (χ0v) is 15.6. The van der Waals surface area contributed by atoms with Gasteiger partial charge in [0.05, 0.1) is 0 Å². The van der Waals surface area contributed by atoms with E-state index in [0.29, 0.717) is 17.5 Å². The van der Waals surface area contributed by atoms with Crippen LogP contribution in [0.15, 0.2) is 48.5 Å². The van der Waals surface area contributed by atoms with Crippen LogP contribution in [0.25, 0.3) is 0 Å². The van der Waals surface area contributed by atoms with Gasteiger partial charge in [0.2, 0.25) is 5.91 Å². The lowest BCUT2D eigenvalue weighted by molar-refractivity contribution is -0.123. The molecule has 7 heteroatoms. The Morgan fingerprint density at radius 2 is 1.77 bits per heavy atom. The van der Waals surface area contributed by atoms with Gasteiger partial charge in [0, 0.05) is 17.3 Å². The lowest BCUT2D eigenvalue weighted by atomic mass is 10.0. The molecule has 0 saturated carbocycles. The van der Waals surface area contributed by atoms with Crippen molar-refractivity contribution in [3.8, 4) is 0 Å². The van der Waals surface area contributed by atoms with Crippen LogP contribution in [0.5, 0.6) is 0 Å². The van der Waals surface area contributed by atoms with Crippen molar-refractivity contribution in [2.75, 3.05) is 5.32 Å². The summed E-state index contributed by atoms with van der Waals surface area (Å²) in [6.45, 7) is 4.82. The van der Waals surface area contributed by atoms with Crippen molar-refractivity contribution in [3.63, 3.8) is 0 Å². The number of nitrogens with one attached hydrogen (secondary N) is 5. The van der Waals surface area contributed by atoms with Crippen LogP contribution in [-0.4, -0.2) is 18.1 Å². The number of hydrogen-bond acceptors (Lipinski definition) is 5. The van der Waals surface area contributed by atoms with E-state index < -0.39 is 6.04 Å². The first-order valence-corrected chi connectivity index (χ1v) is 9.05. The molecule has 1 aliphatic heterocycles. The molecule has 2 unspecified atom stereocenters. The van der Waals surface area contributed by atoms with Gasteiger partial charge in [-0.1, -0.05) is 49.7 Å². The maximum absolute atomic E-state index is 12.5. The van der Waals surface area contributed by atoms with Gasteiger partial charge in [-0.2, -0.15) is 5.53 Å². The number of anilines is 1. The number of hydrogen-bond donors (Lipinski definition) is 5. The monoisotopic (exact) mass is 373 g/mol. The first kappa shape index (κ1) is 18.7. The fourth-order valence-corrected chi connectivity index (χ4v) is 2.87. The summed E-state index contributed by atoms with van der Waals surface area (Å²) in [5, 5.41) is 6.90. The van der Waals surface area contributed by atoms with Crippen molar-refractivity contribution in [3.05, 3.63) is 64.7 Å². The molecular weight excluding hydrogens is 350 g/mol. The SMILES string of the molecule is CC(C)c1ccc(CNC(=O)C2NNNC2Nc2ccc(Cl)cc2)cc1. The highest BCUT2D eigenvalue weighted by Crippen LogP contribution is 2.16. The molecule has 2 atom stereocenters. The van der Waals surface area contributed by atoms with E-state index in [0.717, 1.165) is 11.3 Å². The molecule has 0 radical (unpaired) electrons. The fourth-order valence-electron chi connectivity index (χ4n) is 2.75. The Bertz CT molecular complexity index is 733. The van der Waals surface area contributed by atoms with Gasteiger partial charge in [-0.05, 0) is 41.3 Å². The third-order valence-electron chi connectivity index (χ3n) is 4.35. The Kier molecular flexibility index (Phi) is 6.11. The summed E-state index contributed by atoms with van der Waals surface area (Å²) in [5.41, 5.74) is 12.0. The van der Waals surface area contributed by atoms with Crippen molar-refractivity contribution in [2.45, 2.75) is 38.5 Å². The Morgan fingerprint density at radius 1 is 1.08 bits per heavy atom. The van der Waals surface area contributed by atoms with E-state index in [-0.39, 0.29) is 12.1 Å². The molecule has 6 nitrogen and oxygen atoms in total. The van der Waals surface area contributed by atoms with Crippen LogP contribution in [0.2, 0.25) is 5.02 Å². The lowest BCUT2D eigenvalue weighted by Crippen LogP contribution is -2.50. The summed E-state index contributed by atoms with van der Waals surface area (Å²) in [7, 11) is 0. The molecule has 1 amide bonds. The third kappa shape index (κ3) is 4.74. The second kappa shape index (κ2) is 8.51. The van der Waals surface area contributed by atoms with Crippen LogP contribution < -0.4 is 27.0 Å². The highest BCUT2D eigenvalue weighted by atomic mass is 35.5. The second-order valence-corrected chi connectivity index (χ2v) is 7.07. The Morgan fingerprint density at radius 3 is 2.42 bits per heavy atom. The van der Waals surface area contributed by atoms with E-state index in [2.05, 4.69) is 65.1 Å². The minimum absolute atomic E-state index is 0.0955. The van der Waals surface area contributed by atoms with Gasteiger partial charge in [-0.3, -0.25) is 4.79 Å². The van der Waals surface area contributed by atoms with Crippen molar-refractivity contribution in [1.29, 1.82) is 0 Å². The first-order chi connectivity index (χ1) is 12.5. The number of benzene rings is 2. The molecule has 0 bridgehead atoms. The van der Waals surface area contributed by atoms with E-state index in [1.54, 1.807) is 12.1 Å². The van der Waals surface area contributed by atoms with Gasteiger partial charge in [0.1, 0.15) is 12.2 Å². The van der Waals surface area contributed by atoms with Crippen LogP contribution in [0.1, 0.15) is 30.9 Å². The van der Waals surface area contributed by atoms with E-state index in [4.69, 9.17) is 11.6 Å². The molecule has 2 aromatic rings. The van der Waals surface area contributed by atoms with Gasteiger partial charge < -0.3 is 10.6 Å². The van der Waals surface area contributed by atoms with Gasteiger partial charge in [-0.25, -0.2) is 10.9 Å². The molecular formula is C19H24ClN5O. The second-order valence-electron chi connectivity index (χ2n) is 6.63. The van der Waals surface area contributed by atoms with Crippen molar-refractivity contribution < 1.29 is 4.79 Å². The average Bonchev–Trinajstić information content (AvgIpc) is 3.10. The maximum atomic E-state index is 12.5. The highest BCUT2D eigenvalue weighted by molar-refractivity contribution is 6.30. The van der Waals surface area contributed by atoms with Crippen LogP contribution in [0.3, 0.4) is 0 Å². The third-order valence-corrected chi connectivity index (χ3v) is 4.60. The number of amides is 1. The standard InChI is InChI=1S/C19H24ClN5O/c1-12(2)14-5-3-13(4-6-14)11-21-19(26)17-18(24-25-23-17)22-16-9-7-15(20)8-10-16/h3-10,12,17-18,22-25H,11H2,1-2H3,(H,21,26). The van der Waals surface area contributed by atoms with Crippen LogP contribution in [0, 0.1) is 0 Å². The Hall–Kier alpha value is -2.12. The molecule has 2 aromatic carbocycles. The number of carbonyl (C=O) groups excluding carboxylic acids is 1. The van der Waals surface area contributed by atoms with Crippen molar-refractivity contribution in [1.82, 2.24) is 21.7 Å². The van der Waals surface area contributed by atoms with Crippen molar-refractivity contribution in [2.24, 2.45) is 0 Å². The summed E-state index contributed by atoms with van der Waals surface area (Å²) in [6, 6.07) is 15.2. The molecule has 5 N–H and O–H groups in total. The van der Waals surface area contributed by atoms with Gasteiger partial charge in [0.25, 0.3) is 0 Å². The molecule has 138 valence electrons. The zero-order valence-electron chi connectivity index (χ0n) is 14.8. The van der Waals surface area contributed by atoms with Crippen LogP contribution in [0.4, 0.5) is 5.69 Å². The smallest absolute Gasteiger partial charge is 0.242 e. The van der Waals surface area contributed by atoms with Gasteiger partial charge in [0.15, 0.2) is 0 Å². The summed E-state index contributed by atoms with van der Waals surface area (Å²) in [5.74, 6) is 0.403. The highest BCUT2D eigenvalue weighted by Gasteiger charge is 2.32. The number of hydrazine groups is 2. The average molecular weight is 374 g/mol. The van der Waals surface area contributed by atoms with E-state index >= 15 is 0 Å².